The summed E-state index contributed by atoms with van der Waals surface area (Å²) in [6.45, 7) is 2.94. The van der Waals surface area contributed by atoms with E-state index in [-0.39, 0.29) is 17.5 Å². The molecule has 0 aromatic heterocycles. The smallest absolute Gasteiger partial charge is 0.315 e. The van der Waals surface area contributed by atoms with Gasteiger partial charge in [-0.05, 0) is 68.8 Å². The molecule has 1 aromatic rings. The molecule has 4 aliphatic rings. The van der Waals surface area contributed by atoms with Crippen molar-refractivity contribution in [3.63, 3.8) is 0 Å². The Bertz CT molecular complexity index is 663. The maximum atomic E-state index is 12.4. The fourth-order valence-corrected chi connectivity index (χ4v) is 5.83. The molecule has 5 heteroatoms. The number of benzene rings is 1. The van der Waals surface area contributed by atoms with Crippen molar-refractivity contribution in [1.29, 1.82) is 0 Å². The van der Waals surface area contributed by atoms with E-state index in [1.54, 1.807) is 0 Å². The summed E-state index contributed by atoms with van der Waals surface area (Å²) < 4.78 is 0. The van der Waals surface area contributed by atoms with E-state index in [0.717, 1.165) is 42.6 Å². The van der Waals surface area contributed by atoms with Gasteiger partial charge in [0.15, 0.2) is 0 Å². The fourth-order valence-electron chi connectivity index (χ4n) is 5.83. The number of rotatable bonds is 6. The normalized spacial score (nSPS) is 30.8. The lowest BCUT2D eigenvalue weighted by Crippen LogP contribution is -2.61. The lowest BCUT2D eigenvalue weighted by Gasteiger charge is -2.56. The molecule has 1 aromatic carbocycles. The molecule has 3 N–H and O–H groups in total. The molecular formula is C22H31N3O2. The van der Waals surface area contributed by atoms with E-state index in [1.807, 2.05) is 31.2 Å². The number of hydrogen-bond donors (Lipinski definition) is 3. The number of carbonyl (C=O) groups is 2. The van der Waals surface area contributed by atoms with Crippen molar-refractivity contribution < 1.29 is 9.59 Å². The van der Waals surface area contributed by atoms with E-state index in [2.05, 4.69) is 16.0 Å². The first-order valence-corrected chi connectivity index (χ1v) is 10.4. The van der Waals surface area contributed by atoms with Gasteiger partial charge in [0.1, 0.15) is 0 Å². The third-order valence-corrected chi connectivity index (χ3v) is 6.66. The molecule has 0 atom stereocenters. The van der Waals surface area contributed by atoms with Gasteiger partial charge in [0.05, 0.1) is 0 Å². The van der Waals surface area contributed by atoms with Crippen LogP contribution in [0.2, 0.25) is 0 Å². The van der Waals surface area contributed by atoms with Gasteiger partial charge in [0, 0.05) is 25.0 Å². The largest absolute Gasteiger partial charge is 0.352 e. The number of hydrogen-bond acceptors (Lipinski definition) is 2. The van der Waals surface area contributed by atoms with Gasteiger partial charge < -0.3 is 16.0 Å². The highest BCUT2D eigenvalue weighted by molar-refractivity contribution is 5.78. The van der Waals surface area contributed by atoms with Crippen molar-refractivity contribution in [3.05, 3.63) is 35.4 Å². The minimum atomic E-state index is -0.108. The van der Waals surface area contributed by atoms with Crippen LogP contribution in [0.25, 0.3) is 0 Å². The quantitative estimate of drug-likeness (QED) is 0.720. The van der Waals surface area contributed by atoms with Crippen LogP contribution < -0.4 is 16.0 Å². The Kier molecular flexibility index (Phi) is 5.11. The lowest BCUT2D eigenvalue weighted by atomic mass is 9.53. The van der Waals surface area contributed by atoms with Crippen LogP contribution in [0.3, 0.4) is 0 Å². The van der Waals surface area contributed by atoms with E-state index in [4.69, 9.17) is 0 Å². The van der Waals surface area contributed by atoms with Crippen LogP contribution in [0.15, 0.2) is 24.3 Å². The molecule has 27 heavy (non-hydrogen) atoms. The number of carbonyl (C=O) groups excluding carboxylic acids is 2. The molecule has 0 saturated heterocycles. The monoisotopic (exact) mass is 369 g/mol. The number of amides is 3. The molecule has 146 valence electrons. The first-order valence-electron chi connectivity index (χ1n) is 10.4. The molecular weight excluding hydrogens is 338 g/mol. The van der Waals surface area contributed by atoms with Gasteiger partial charge >= 0.3 is 6.03 Å². The Morgan fingerprint density at radius 2 is 1.56 bits per heavy atom. The summed E-state index contributed by atoms with van der Waals surface area (Å²) >= 11 is 0. The van der Waals surface area contributed by atoms with Crippen molar-refractivity contribution in [2.24, 2.45) is 17.8 Å². The molecule has 4 fully saturated rings. The van der Waals surface area contributed by atoms with Crippen LogP contribution in [-0.2, 0) is 11.3 Å². The van der Waals surface area contributed by atoms with Gasteiger partial charge in [-0.15, -0.1) is 0 Å². The highest BCUT2D eigenvalue weighted by atomic mass is 16.2. The van der Waals surface area contributed by atoms with Gasteiger partial charge in [-0.25, -0.2) is 4.79 Å². The molecule has 4 saturated carbocycles. The second-order valence-corrected chi connectivity index (χ2v) is 9.09. The third-order valence-electron chi connectivity index (χ3n) is 6.66. The third kappa shape index (κ3) is 4.45. The van der Waals surface area contributed by atoms with E-state index < -0.39 is 0 Å². The minimum absolute atomic E-state index is 0.0204. The topological polar surface area (TPSA) is 70.2 Å². The summed E-state index contributed by atoms with van der Waals surface area (Å²) in [6.07, 6.45) is 7.83. The standard InChI is InChI=1S/C22H31N3O2/c1-15-2-4-16(5-3-15)14-24-20(26)6-7-23-21(27)25-22-11-17-8-18(12-22)10-19(9-17)13-22/h2-5,17-19H,6-14H2,1H3,(H,24,26)(H2,23,25,27). The van der Waals surface area contributed by atoms with Crippen LogP contribution >= 0.6 is 0 Å². The number of nitrogens with one attached hydrogen (secondary N) is 3. The summed E-state index contributed by atoms with van der Waals surface area (Å²) in [5, 5.41) is 9.07. The Balaban J connectivity index is 1.16. The average molecular weight is 370 g/mol. The fraction of sp³-hybridized carbons (Fsp3) is 0.636. The molecule has 0 radical (unpaired) electrons. The van der Waals surface area contributed by atoms with E-state index >= 15 is 0 Å². The average Bonchev–Trinajstić information content (AvgIpc) is 2.59. The maximum absolute atomic E-state index is 12.4. The minimum Gasteiger partial charge on any atom is -0.352 e. The van der Waals surface area contributed by atoms with Gasteiger partial charge in [-0.3, -0.25) is 4.79 Å². The zero-order chi connectivity index (χ0) is 18.9. The van der Waals surface area contributed by atoms with E-state index in [0.29, 0.717) is 19.5 Å². The van der Waals surface area contributed by atoms with Crippen LogP contribution in [0.5, 0.6) is 0 Å². The van der Waals surface area contributed by atoms with Crippen molar-refractivity contribution in [3.8, 4) is 0 Å². The molecule has 0 spiro atoms. The highest BCUT2D eigenvalue weighted by Gasteiger charge is 2.51. The second kappa shape index (κ2) is 7.53. The van der Waals surface area contributed by atoms with Gasteiger partial charge in [0.2, 0.25) is 5.91 Å². The lowest BCUT2D eigenvalue weighted by molar-refractivity contribution is -0.121. The Hall–Kier alpha value is -2.04. The highest BCUT2D eigenvalue weighted by Crippen LogP contribution is 2.55. The van der Waals surface area contributed by atoms with Crippen molar-refractivity contribution >= 4 is 11.9 Å². The van der Waals surface area contributed by atoms with Crippen molar-refractivity contribution in [1.82, 2.24) is 16.0 Å². The van der Waals surface area contributed by atoms with E-state index in [1.165, 1.54) is 24.8 Å². The molecule has 4 aliphatic carbocycles. The molecule has 5 nitrogen and oxygen atoms in total. The van der Waals surface area contributed by atoms with Crippen LogP contribution in [0.4, 0.5) is 4.79 Å². The first kappa shape index (κ1) is 18.3. The van der Waals surface area contributed by atoms with Crippen LogP contribution in [-0.4, -0.2) is 24.0 Å². The molecule has 0 heterocycles. The maximum Gasteiger partial charge on any atom is 0.315 e. The van der Waals surface area contributed by atoms with Gasteiger partial charge in [0.25, 0.3) is 0 Å². The zero-order valence-electron chi connectivity index (χ0n) is 16.2. The first-order chi connectivity index (χ1) is 13.0. The van der Waals surface area contributed by atoms with Crippen LogP contribution in [0.1, 0.15) is 56.1 Å². The number of urea groups is 1. The molecule has 3 amide bonds. The second-order valence-electron chi connectivity index (χ2n) is 9.09. The summed E-state index contributed by atoms with van der Waals surface area (Å²) in [5.41, 5.74) is 2.31. The predicted molar refractivity (Wildman–Crippen MR) is 105 cm³/mol. The molecule has 4 bridgehead atoms. The van der Waals surface area contributed by atoms with Gasteiger partial charge in [-0.2, -0.15) is 0 Å². The van der Waals surface area contributed by atoms with Gasteiger partial charge in [-0.1, -0.05) is 29.8 Å². The zero-order valence-corrected chi connectivity index (χ0v) is 16.2. The van der Waals surface area contributed by atoms with E-state index in [9.17, 15) is 9.59 Å². The van der Waals surface area contributed by atoms with Crippen molar-refractivity contribution in [2.45, 2.75) is 64.0 Å². The van der Waals surface area contributed by atoms with Crippen LogP contribution in [0, 0.1) is 24.7 Å². The predicted octanol–water partition coefficient (Wildman–Crippen LogP) is 3.27. The Morgan fingerprint density at radius 3 is 2.15 bits per heavy atom. The number of aryl methyl sites for hydroxylation is 1. The summed E-state index contributed by atoms with van der Waals surface area (Å²) in [7, 11) is 0. The molecule has 0 aliphatic heterocycles. The molecule has 5 rings (SSSR count). The van der Waals surface area contributed by atoms with Crippen molar-refractivity contribution in [2.75, 3.05) is 6.54 Å². The SMILES string of the molecule is Cc1ccc(CNC(=O)CCNC(=O)NC23CC4CC(CC(C4)C2)C3)cc1. The summed E-state index contributed by atoms with van der Waals surface area (Å²) in [4.78, 5) is 24.4. The Labute approximate surface area is 161 Å². The summed E-state index contributed by atoms with van der Waals surface area (Å²) in [6, 6.07) is 8.01. The molecule has 0 unspecified atom stereocenters. The summed E-state index contributed by atoms with van der Waals surface area (Å²) in [5.74, 6) is 2.39. The Morgan fingerprint density at radius 1 is 0.963 bits per heavy atom.